The summed E-state index contributed by atoms with van der Waals surface area (Å²) in [6.45, 7) is -0.125. The van der Waals surface area contributed by atoms with Crippen molar-refractivity contribution in [1.82, 2.24) is 0 Å². The Morgan fingerprint density at radius 1 is 1.04 bits per heavy atom. The number of rotatable bonds is 3. The van der Waals surface area contributed by atoms with Crippen molar-refractivity contribution in [3.63, 3.8) is 0 Å². The van der Waals surface area contributed by atoms with Crippen molar-refractivity contribution in [1.29, 1.82) is 0 Å². The molecule has 0 aliphatic heterocycles. The molecular weight excluding hydrogens is 425 g/mol. The predicted molar refractivity (Wildman–Crippen MR) is 95.7 cm³/mol. The molecule has 0 amide bonds. The van der Waals surface area contributed by atoms with E-state index in [1.807, 2.05) is 0 Å². The summed E-state index contributed by atoms with van der Waals surface area (Å²) >= 11 is 38.3. The average Bonchev–Trinajstić information content (AvgIpc) is 2.75. The van der Waals surface area contributed by atoms with Crippen LogP contribution >= 0.6 is 69.6 Å². The maximum atomic E-state index is 12.0. The van der Waals surface area contributed by atoms with Crippen molar-refractivity contribution in [2.24, 2.45) is 0 Å². The molecule has 8 heteroatoms. The minimum Gasteiger partial charge on any atom is -0.458 e. The molecule has 3 rings (SSSR count). The Morgan fingerprint density at radius 2 is 1.65 bits per heavy atom. The molecule has 2 aliphatic rings. The molecule has 2 nitrogen and oxygen atoms in total. The lowest BCUT2D eigenvalue weighted by atomic mass is 9.97. The first-order valence-electron chi connectivity index (χ1n) is 6.64. The Balaban J connectivity index is 1.83. The molecule has 0 spiro atoms. The third-order valence-electron chi connectivity index (χ3n) is 4.20. The normalized spacial score (nSPS) is 37.6. The number of allylic oxidation sites excluding steroid dienone is 1. The maximum Gasteiger partial charge on any atom is 0.338 e. The Bertz CT molecular complexity index is 676. The number of fused-ring (bicyclic) bond motifs is 2. The van der Waals surface area contributed by atoms with Crippen LogP contribution in [0.25, 0.3) is 0 Å². The van der Waals surface area contributed by atoms with Crippen LogP contribution in [0.15, 0.2) is 42.0 Å². The summed E-state index contributed by atoms with van der Waals surface area (Å²) in [6.07, 6.45) is 1.55. The molecular formula is C15H10Cl6O2. The van der Waals surface area contributed by atoms with Gasteiger partial charge in [0.2, 0.25) is 0 Å². The molecule has 2 aliphatic carbocycles. The van der Waals surface area contributed by atoms with Gasteiger partial charge in [-0.2, -0.15) is 0 Å². The van der Waals surface area contributed by atoms with Gasteiger partial charge in [-0.15, -0.1) is 46.4 Å². The van der Waals surface area contributed by atoms with E-state index in [4.69, 9.17) is 74.3 Å². The van der Waals surface area contributed by atoms with Crippen molar-refractivity contribution in [3.05, 3.63) is 47.5 Å². The number of alkyl halides is 6. The fraction of sp³-hybridized carbons (Fsp3) is 0.400. The van der Waals surface area contributed by atoms with Crippen LogP contribution < -0.4 is 0 Å². The molecule has 0 saturated heterocycles. The lowest BCUT2D eigenvalue weighted by molar-refractivity contribution is 0.0534. The third kappa shape index (κ3) is 2.33. The van der Waals surface area contributed by atoms with Crippen LogP contribution in [-0.4, -0.2) is 37.4 Å². The first-order chi connectivity index (χ1) is 10.7. The molecule has 4 unspecified atom stereocenters. The van der Waals surface area contributed by atoms with E-state index in [0.29, 0.717) is 11.1 Å². The van der Waals surface area contributed by atoms with E-state index in [2.05, 4.69) is 0 Å². The molecule has 1 aromatic rings. The zero-order valence-corrected chi connectivity index (χ0v) is 15.9. The van der Waals surface area contributed by atoms with Crippen molar-refractivity contribution in [3.8, 4) is 0 Å². The quantitative estimate of drug-likeness (QED) is 0.374. The molecule has 124 valence electrons. The summed E-state index contributed by atoms with van der Waals surface area (Å²) in [6, 6.07) is 8.56. The Hall–Kier alpha value is 0.170. The van der Waals surface area contributed by atoms with Gasteiger partial charge in [0.05, 0.1) is 16.3 Å². The van der Waals surface area contributed by atoms with E-state index in [-0.39, 0.29) is 6.61 Å². The van der Waals surface area contributed by atoms with Gasteiger partial charge in [0.25, 0.3) is 0 Å². The number of ether oxygens (including phenoxy) is 1. The molecule has 1 aromatic carbocycles. The zero-order chi connectivity index (χ0) is 17.0. The maximum absolute atomic E-state index is 12.0. The summed E-state index contributed by atoms with van der Waals surface area (Å²) < 4.78 is 3.67. The summed E-state index contributed by atoms with van der Waals surface area (Å²) in [5.74, 6) is -0.499. The van der Waals surface area contributed by atoms with E-state index in [9.17, 15) is 4.79 Å². The number of halogens is 6. The molecule has 1 saturated carbocycles. The fourth-order valence-electron chi connectivity index (χ4n) is 2.89. The van der Waals surface area contributed by atoms with Crippen molar-refractivity contribution < 1.29 is 9.53 Å². The smallest absolute Gasteiger partial charge is 0.338 e. The average molecular weight is 435 g/mol. The molecule has 0 N–H and O–H groups in total. The fourth-order valence-corrected chi connectivity index (χ4v) is 5.83. The lowest BCUT2D eigenvalue weighted by Crippen LogP contribution is -2.46. The third-order valence-corrected chi connectivity index (χ3v) is 8.72. The van der Waals surface area contributed by atoms with E-state index in [1.54, 1.807) is 36.4 Å². The summed E-state index contributed by atoms with van der Waals surface area (Å²) in [4.78, 5) is 9.30. The second-order valence-corrected chi connectivity index (χ2v) is 8.96. The minimum atomic E-state index is -1.61. The Kier molecular flexibility index (Phi) is 4.58. The molecule has 0 radical (unpaired) electrons. The largest absolute Gasteiger partial charge is 0.458 e. The Morgan fingerprint density at radius 3 is 2.17 bits per heavy atom. The van der Waals surface area contributed by atoms with E-state index in [0.717, 1.165) is 0 Å². The molecule has 1 fully saturated rings. The van der Waals surface area contributed by atoms with Gasteiger partial charge in [-0.05, 0) is 17.7 Å². The monoisotopic (exact) mass is 432 g/mol. The molecule has 0 heterocycles. The number of carbonyl (C=O) groups is 1. The number of carbonyl (C=O) groups excluding carboxylic acids is 1. The van der Waals surface area contributed by atoms with Gasteiger partial charge in [0.1, 0.15) is 16.4 Å². The highest BCUT2D eigenvalue weighted by molar-refractivity contribution is 6.63. The van der Waals surface area contributed by atoms with E-state index >= 15 is 0 Å². The zero-order valence-electron chi connectivity index (χ0n) is 11.4. The standard InChI is InChI=1S/C15H10Cl6O2/c16-10-11(17)14(19)9(6-13(10,18)15(14,20)21)7-23-12(22)8-4-2-1-3-5-8/h1-6,10-11H,7H2. The van der Waals surface area contributed by atoms with Crippen LogP contribution in [0.2, 0.25) is 0 Å². The van der Waals surface area contributed by atoms with Gasteiger partial charge in [-0.1, -0.05) is 47.5 Å². The highest BCUT2D eigenvalue weighted by atomic mass is 35.5. The first kappa shape index (κ1) is 18.0. The van der Waals surface area contributed by atoms with Gasteiger partial charge in [-0.25, -0.2) is 4.79 Å². The molecule has 0 aromatic heterocycles. The topological polar surface area (TPSA) is 26.3 Å². The van der Waals surface area contributed by atoms with Gasteiger partial charge in [-0.3, -0.25) is 0 Å². The highest BCUT2D eigenvalue weighted by Gasteiger charge is 2.79. The molecule has 4 atom stereocenters. The number of hydrogen-bond donors (Lipinski definition) is 0. The minimum absolute atomic E-state index is 0.125. The SMILES string of the molecule is O=C(OCC1=CC2(Cl)C(Cl)C(Cl)C1(Cl)C2(Cl)Cl)c1ccccc1. The second-order valence-electron chi connectivity index (χ2n) is 5.47. The van der Waals surface area contributed by atoms with Crippen molar-refractivity contribution >= 4 is 75.6 Å². The van der Waals surface area contributed by atoms with Crippen LogP contribution in [0.1, 0.15) is 10.4 Å². The highest BCUT2D eigenvalue weighted by Crippen LogP contribution is 2.70. The van der Waals surface area contributed by atoms with Gasteiger partial charge >= 0.3 is 5.97 Å². The summed E-state index contributed by atoms with van der Waals surface area (Å²) in [5.41, 5.74) is 0.862. The van der Waals surface area contributed by atoms with Gasteiger partial charge < -0.3 is 4.74 Å². The predicted octanol–water partition coefficient (Wildman–Crippen LogP) is 5.14. The van der Waals surface area contributed by atoms with Crippen LogP contribution in [0.5, 0.6) is 0 Å². The van der Waals surface area contributed by atoms with Crippen LogP contribution in [-0.2, 0) is 4.74 Å². The van der Waals surface area contributed by atoms with Crippen molar-refractivity contribution in [2.75, 3.05) is 6.61 Å². The van der Waals surface area contributed by atoms with Gasteiger partial charge in [0, 0.05) is 0 Å². The van der Waals surface area contributed by atoms with E-state index in [1.165, 1.54) is 0 Å². The van der Waals surface area contributed by atoms with Crippen LogP contribution in [0.4, 0.5) is 0 Å². The lowest BCUT2D eigenvalue weighted by Gasteiger charge is -2.33. The van der Waals surface area contributed by atoms with Crippen LogP contribution in [0.3, 0.4) is 0 Å². The number of hydrogen-bond acceptors (Lipinski definition) is 2. The summed E-state index contributed by atoms with van der Waals surface area (Å²) in [7, 11) is 0. The molecule has 23 heavy (non-hydrogen) atoms. The van der Waals surface area contributed by atoms with Crippen molar-refractivity contribution in [2.45, 2.75) is 24.8 Å². The number of benzene rings is 1. The number of esters is 1. The first-order valence-corrected chi connectivity index (χ1v) is 9.03. The summed E-state index contributed by atoms with van der Waals surface area (Å²) in [5, 5.41) is -1.57. The Labute approximate surface area is 163 Å². The molecule has 2 bridgehead atoms. The van der Waals surface area contributed by atoms with E-state index < -0.39 is 30.8 Å². The van der Waals surface area contributed by atoms with Crippen LogP contribution in [0, 0.1) is 0 Å². The van der Waals surface area contributed by atoms with Gasteiger partial charge in [0.15, 0.2) is 4.33 Å². The second kappa shape index (κ2) is 5.86.